The van der Waals surface area contributed by atoms with Crippen LogP contribution in [0.4, 0.5) is 0 Å². The van der Waals surface area contributed by atoms with Crippen molar-refractivity contribution in [2.45, 2.75) is 92.1 Å². The first-order chi connectivity index (χ1) is 37.5. The van der Waals surface area contributed by atoms with Gasteiger partial charge in [0.25, 0.3) is 0 Å². The fourth-order valence-corrected chi connectivity index (χ4v) is 8.26. The second-order valence-corrected chi connectivity index (χ2v) is 18.1. The molecule has 0 bridgehead atoms. The number of esters is 2. The molecule has 7 unspecified atom stereocenters. The Kier molecular flexibility index (Phi) is 17.5. The number of hydrogen-bond donors (Lipinski definition) is 17. The molecule has 424 valence electrons. The van der Waals surface area contributed by atoms with Crippen LogP contribution in [-0.4, -0.2) is 211 Å². The molecule has 79 heavy (non-hydrogen) atoms. The molecule has 0 saturated carbocycles. The van der Waals surface area contributed by atoms with E-state index in [4.69, 9.17) is 42.3 Å². The van der Waals surface area contributed by atoms with Gasteiger partial charge in [0.05, 0.1) is 18.2 Å². The standard InChI is InChI=1S/C51H52O28/c52-16-33-39(62)42(65)45(68)51(77-33)76-32-15-23-29(13-22(53)14-30(23)74-49-46(69)43(66)40(63)34(78-49)17-71-36(59)7-3-19-1-5-24(54)26(56)9-19)73-48(32)21-11-28(58)38(61)31(12-21)75-50-47(70)44(67)41(64)35(79-50)18-72-37(60)8-4-20-2-6-25(55)27(57)10-20/h1-15,33-35,39-47,49-52,62-70H,16-18H2,(H6-,53,54,55,56,57,58,59,60,61)/p+1/t33?,34?,35?,39-,40-,41-,42?,43+,44+,45?,46?,47?,49-,50-,51-/m1/s1. The van der Waals surface area contributed by atoms with Gasteiger partial charge in [0.1, 0.15) is 103 Å². The van der Waals surface area contributed by atoms with Crippen LogP contribution in [0.25, 0.3) is 34.4 Å². The highest BCUT2D eigenvalue weighted by molar-refractivity contribution is 5.90. The third-order valence-electron chi connectivity index (χ3n) is 12.6. The lowest BCUT2D eigenvalue weighted by molar-refractivity contribution is -0.278. The van der Waals surface area contributed by atoms with Crippen molar-refractivity contribution in [2.24, 2.45) is 0 Å². The molecule has 0 spiro atoms. The molecule has 1 aromatic heterocycles. The molecule has 3 saturated heterocycles. The summed E-state index contributed by atoms with van der Waals surface area (Å²) < 4.78 is 51.1. The van der Waals surface area contributed by atoms with Gasteiger partial charge in [-0.3, -0.25) is 0 Å². The second kappa shape index (κ2) is 24.1. The Morgan fingerprint density at radius 1 is 0.481 bits per heavy atom. The molecule has 0 amide bonds. The van der Waals surface area contributed by atoms with Crippen LogP contribution in [0.1, 0.15) is 11.1 Å². The molecule has 17 N–H and O–H groups in total. The Balaban J connectivity index is 1.08. The van der Waals surface area contributed by atoms with Crippen molar-refractivity contribution in [3.63, 3.8) is 0 Å². The summed E-state index contributed by atoms with van der Waals surface area (Å²) in [6.07, 6.45) is -24.2. The van der Waals surface area contributed by atoms with Gasteiger partial charge in [0, 0.05) is 36.4 Å². The van der Waals surface area contributed by atoms with Crippen LogP contribution in [0, 0.1) is 0 Å². The Bertz CT molecular complexity index is 3070. The summed E-state index contributed by atoms with van der Waals surface area (Å²) in [6, 6.07) is 12.3. The molecule has 28 nitrogen and oxygen atoms in total. The highest BCUT2D eigenvalue weighted by Crippen LogP contribution is 2.47. The zero-order chi connectivity index (χ0) is 57.1. The molecule has 5 aromatic rings. The fraction of sp³-hybridized carbons (Fsp3) is 0.353. The van der Waals surface area contributed by atoms with Crippen molar-refractivity contribution < 1.29 is 139 Å². The maximum absolute atomic E-state index is 12.6. The van der Waals surface area contributed by atoms with E-state index >= 15 is 0 Å². The predicted molar refractivity (Wildman–Crippen MR) is 260 cm³/mol. The van der Waals surface area contributed by atoms with E-state index in [1.54, 1.807) is 0 Å². The number of hydrogen-bond acceptors (Lipinski definition) is 27. The second-order valence-electron chi connectivity index (χ2n) is 18.1. The number of aliphatic hydroxyl groups excluding tert-OH is 10. The van der Waals surface area contributed by atoms with Gasteiger partial charge in [-0.1, -0.05) is 12.1 Å². The first kappa shape index (κ1) is 57.4. The van der Waals surface area contributed by atoms with E-state index < -0.39 is 187 Å². The van der Waals surface area contributed by atoms with E-state index in [-0.39, 0.29) is 22.1 Å². The SMILES string of the molecule is O=C(/C=C/c1ccc(O)c(O)c1)OCC1O[C@@H](Oc2cc(-c3[o+]c4cc(O)cc(O[C@@H]5OC(COC(=O)/C=C/c6ccc(O)c(O)c6)[C@@H](O)[C@H](O)C5O)c4cc3O[C@@H]3OC(CO)[C@@H](O)C(O)C3O)cc(O)c2O)C(O)[C@@H](O)[C@@H]1O. The number of phenolic OH excluding ortho intramolecular Hbond substituents is 7. The number of carbonyl (C=O) groups excluding carboxylic acids is 2. The molecule has 0 radical (unpaired) electrons. The molecule has 4 aromatic carbocycles. The summed E-state index contributed by atoms with van der Waals surface area (Å²) in [7, 11) is 0. The van der Waals surface area contributed by atoms with Crippen molar-refractivity contribution >= 4 is 35.1 Å². The Morgan fingerprint density at radius 3 is 1.42 bits per heavy atom. The van der Waals surface area contributed by atoms with Gasteiger partial charge < -0.3 is 125 Å². The average molecular weight is 1110 g/mol. The van der Waals surface area contributed by atoms with Crippen molar-refractivity contribution in [2.75, 3.05) is 19.8 Å². The number of rotatable bonds is 16. The minimum absolute atomic E-state index is 0.196. The number of fused-ring (bicyclic) bond motifs is 1. The highest BCUT2D eigenvalue weighted by Gasteiger charge is 2.49. The quantitative estimate of drug-likeness (QED) is 0.0229. The monoisotopic (exact) mass is 1110 g/mol. The molecule has 28 heteroatoms. The average Bonchev–Trinajstić information content (AvgIpc) is 3.44. The van der Waals surface area contributed by atoms with Crippen LogP contribution in [0.15, 0.2) is 83.3 Å². The van der Waals surface area contributed by atoms with Gasteiger partial charge >= 0.3 is 23.3 Å². The molecule has 15 atom stereocenters. The largest absolute Gasteiger partial charge is 0.507 e. The molecule has 0 aliphatic carbocycles. The summed E-state index contributed by atoms with van der Waals surface area (Å²) in [5.74, 6) is -8.52. The number of aliphatic hydroxyl groups is 10. The van der Waals surface area contributed by atoms with Crippen LogP contribution in [-0.2, 0) is 33.3 Å². The Hall–Kier alpha value is -7.81. The molecule has 3 aliphatic rings. The smallest absolute Gasteiger partial charge is 0.402 e. The van der Waals surface area contributed by atoms with Gasteiger partial charge in [-0.05, 0) is 47.5 Å². The lowest BCUT2D eigenvalue weighted by atomic mass is 9.99. The van der Waals surface area contributed by atoms with E-state index in [1.165, 1.54) is 36.4 Å². The van der Waals surface area contributed by atoms with Crippen LogP contribution in [0.5, 0.6) is 57.5 Å². The van der Waals surface area contributed by atoms with E-state index in [9.17, 15) is 96.4 Å². The third-order valence-corrected chi connectivity index (χ3v) is 12.6. The van der Waals surface area contributed by atoms with Crippen molar-refractivity contribution in [1.29, 1.82) is 0 Å². The van der Waals surface area contributed by atoms with Crippen molar-refractivity contribution in [1.82, 2.24) is 0 Å². The van der Waals surface area contributed by atoms with Gasteiger partial charge in [-0.15, -0.1) is 0 Å². The zero-order valence-electron chi connectivity index (χ0n) is 40.5. The van der Waals surface area contributed by atoms with E-state index in [0.717, 1.165) is 54.6 Å². The van der Waals surface area contributed by atoms with Crippen LogP contribution < -0.4 is 14.2 Å². The number of ether oxygens (including phenoxy) is 8. The van der Waals surface area contributed by atoms with E-state index in [2.05, 4.69) is 0 Å². The zero-order valence-corrected chi connectivity index (χ0v) is 40.5. The summed E-state index contributed by atoms with van der Waals surface area (Å²) >= 11 is 0. The molecular weight excluding hydrogens is 1060 g/mol. The molecule has 4 heterocycles. The number of aromatic hydroxyl groups is 7. The summed E-state index contributed by atoms with van der Waals surface area (Å²) in [6.45, 7) is -2.40. The minimum atomic E-state index is -2.09. The first-order valence-corrected chi connectivity index (χ1v) is 23.6. The van der Waals surface area contributed by atoms with Crippen LogP contribution in [0.3, 0.4) is 0 Å². The normalized spacial score (nSPS) is 29.1. The molecular formula is C51H53O28+. The van der Waals surface area contributed by atoms with Crippen molar-refractivity contribution in [3.05, 3.63) is 90.0 Å². The third kappa shape index (κ3) is 12.7. The first-order valence-electron chi connectivity index (χ1n) is 23.6. The molecule has 8 rings (SSSR count). The van der Waals surface area contributed by atoms with Gasteiger partial charge in [-0.2, -0.15) is 0 Å². The fourth-order valence-electron chi connectivity index (χ4n) is 8.26. The maximum Gasteiger partial charge on any atom is 0.402 e. The van der Waals surface area contributed by atoms with Gasteiger partial charge in [0.2, 0.25) is 30.4 Å². The number of benzene rings is 4. The van der Waals surface area contributed by atoms with E-state index in [0.29, 0.717) is 5.56 Å². The lowest BCUT2D eigenvalue weighted by Crippen LogP contribution is -2.60. The van der Waals surface area contributed by atoms with Crippen molar-refractivity contribution in [3.8, 4) is 68.8 Å². The summed E-state index contributed by atoms with van der Waals surface area (Å²) in [5.41, 5.74) is -0.0775. The predicted octanol–water partition coefficient (Wildman–Crippen LogP) is -1.62. The highest BCUT2D eigenvalue weighted by atomic mass is 16.7. The lowest BCUT2D eigenvalue weighted by Gasteiger charge is -2.40. The Morgan fingerprint density at radius 2 is 0.937 bits per heavy atom. The number of phenols is 7. The van der Waals surface area contributed by atoms with Crippen LogP contribution in [0.2, 0.25) is 0 Å². The van der Waals surface area contributed by atoms with Gasteiger partial charge in [0.15, 0.2) is 34.5 Å². The van der Waals surface area contributed by atoms with E-state index in [1.807, 2.05) is 0 Å². The Labute approximate surface area is 443 Å². The molecule has 3 aliphatic heterocycles. The summed E-state index contributed by atoms with van der Waals surface area (Å²) in [5, 5.41) is 179. The number of carbonyl (C=O) groups is 2. The minimum Gasteiger partial charge on any atom is -0.507 e. The maximum atomic E-state index is 12.6. The van der Waals surface area contributed by atoms with Gasteiger partial charge in [-0.25, -0.2) is 14.0 Å². The summed E-state index contributed by atoms with van der Waals surface area (Å²) in [4.78, 5) is 25.2. The molecule has 3 fully saturated rings. The topological polar surface area (TPSA) is 463 Å². The van der Waals surface area contributed by atoms with Crippen LogP contribution >= 0.6 is 0 Å².